The molecule has 2 aliphatic rings. The summed E-state index contributed by atoms with van der Waals surface area (Å²) in [6, 6.07) is 12.3. The van der Waals surface area contributed by atoms with Crippen LogP contribution in [0.2, 0.25) is 0 Å². The van der Waals surface area contributed by atoms with Crippen LogP contribution >= 0.6 is 0 Å². The van der Waals surface area contributed by atoms with Crippen molar-refractivity contribution in [1.82, 2.24) is 10.2 Å². The maximum absolute atomic E-state index is 13.1. The number of fused-ring (bicyclic) bond motifs is 1. The molecule has 2 aromatic carbocycles. The zero-order valence-corrected chi connectivity index (χ0v) is 19.2. The Bertz CT molecular complexity index is 944. The highest BCUT2D eigenvalue weighted by Gasteiger charge is 2.35. The summed E-state index contributed by atoms with van der Waals surface area (Å²) in [6.07, 6.45) is 1.84. The number of nitrogens with one attached hydrogen (secondary N) is 1. The number of amides is 1. The van der Waals surface area contributed by atoms with Crippen molar-refractivity contribution in [2.24, 2.45) is 0 Å². The van der Waals surface area contributed by atoms with Crippen LogP contribution in [0.25, 0.3) is 0 Å². The van der Waals surface area contributed by atoms with Crippen LogP contribution in [-0.2, 0) is 10.5 Å². The minimum atomic E-state index is -1.58. The number of benzene rings is 2. The molecular formula is C25H32N2O6. The van der Waals surface area contributed by atoms with Crippen LogP contribution < -0.4 is 24.3 Å². The van der Waals surface area contributed by atoms with Crippen LogP contribution in [0.4, 0.5) is 0 Å². The molecule has 0 unspecified atom stereocenters. The van der Waals surface area contributed by atoms with Gasteiger partial charge in [0.15, 0.2) is 23.3 Å². The van der Waals surface area contributed by atoms with E-state index in [4.69, 9.17) is 18.9 Å². The second-order valence-corrected chi connectivity index (χ2v) is 8.44. The van der Waals surface area contributed by atoms with Crippen LogP contribution in [0.3, 0.4) is 0 Å². The highest BCUT2D eigenvalue weighted by Crippen LogP contribution is 2.35. The van der Waals surface area contributed by atoms with Gasteiger partial charge >= 0.3 is 0 Å². The molecule has 4 rings (SSSR count). The Morgan fingerprint density at radius 2 is 1.76 bits per heavy atom. The molecule has 178 valence electrons. The van der Waals surface area contributed by atoms with Crippen molar-refractivity contribution >= 4 is 5.91 Å². The van der Waals surface area contributed by atoms with Crippen molar-refractivity contribution in [1.29, 1.82) is 0 Å². The van der Waals surface area contributed by atoms with Crippen molar-refractivity contribution < 1.29 is 28.8 Å². The Balaban J connectivity index is 1.49. The molecule has 8 heteroatoms. The molecule has 0 aromatic heterocycles. The smallest absolute Gasteiger partial charge is 0.263 e. The molecule has 1 saturated heterocycles. The van der Waals surface area contributed by atoms with Gasteiger partial charge in [-0.25, -0.2) is 0 Å². The first-order chi connectivity index (χ1) is 16.0. The summed E-state index contributed by atoms with van der Waals surface area (Å²) in [4.78, 5) is 15.4. The molecule has 1 amide bonds. The summed E-state index contributed by atoms with van der Waals surface area (Å²) in [6.45, 7) is 5.26. The zero-order valence-electron chi connectivity index (χ0n) is 19.2. The number of nitrogens with zero attached hydrogens (tertiary/aromatic N) is 1. The number of methoxy groups -OCH3 is 1. The highest BCUT2D eigenvalue weighted by molar-refractivity contribution is 5.81. The van der Waals surface area contributed by atoms with Gasteiger partial charge in [-0.2, -0.15) is 0 Å². The molecule has 1 fully saturated rings. The highest BCUT2D eigenvalue weighted by atomic mass is 16.6. The number of hydrogen-bond donors (Lipinski definition) is 2. The number of carbonyl (C=O) groups excluding carboxylic acids is 1. The molecular weight excluding hydrogens is 424 g/mol. The van der Waals surface area contributed by atoms with Gasteiger partial charge in [0.25, 0.3) is 5.91 Å². The average molecular weight is 457 g/mol. The molecule has 8 nitrogen and oxygen atoms in total. The second-order valence-electron chi connectivity index (χ2n) is 8.44. The van der Waals surface area contributed by atoms with Gasteiger partial charge in [0, 0.05) is 18.5 Å². The lowest BCUT2D eigenvalue weighted by Gasteiger charge is -2.33. The van der Waals surface area contributed by atoms with E-state index < -0.39 is 17.7 Å². The van der Waals surface area contributed by atoms with Crippen molar-refractivity contribution in [3.05, 3.63) is 48.0 Å². The number of ether oxygens (including phenoxy) is 4. The third kappa shape index (κ3) is 5.69. The predicted molar refractivity (Wildman–Crippen MR) is 123 cm³/mol. The third-order valence-corrected chi connectivity index (χ3v) is 6.08. The molecule has 0 saturated carbocycles. The maximum atomic E-state index is 13.1. The monoisotopic (exact) mass is 456 g/mol. The molecule has 2 heterocycles. The topological polar surface area (TPSA) is 89.5 Å². The molecule has 2 aliphatic heterocycles. The predicted octanol–water partition coefficient (Wildman–Crippen LogP) is 2.68. The first-order valence-electron chi connectivity index (χ1n) is 11.4. The number of carbonyl (C=O) groups is 1. The normalized spacial score (nSPS) is 18.3. The van der Waals surface area contributed by atoms with Crippen LogP contribution in [0.5, 0.6) is 23.0 Å². The third-order valence-electron chi connectivity index (χ3n) is 6.08. The molecule has 0 bridgehead atoms. The van der Waals surface area contributed by atoms with E-state index >= 15 is 0 Å². The molecule has 2 N–H and O–H groups in total. The lowest BCUT2D eigenvalue weighted by atomic mass is 9.97. The van der Waals surface area contributed by atoms with Gasteiger partial charge in [-0.05, 0) is 69.3 Å². The van der Waals surface area contributed by atoms with Crippen LogP contribution in [-0.4, -0.2) is 62.0 Å². The van der Waals surface area contributed by atoms with E-state index in [2.05, 4.69) is 10.2 Å². The minimum Gasteiger partial charge on any atom is -0.497 e. The Morgan fingerprint density at radius 3 is 2.45 bits per heavy atom. The van der Waals surface area contributed by atoms with Crippen molar-refractivity contribution in [3.63, 3.8) is 0 Å². The Morgan fingerprint density at radius 1 is 1.09 bits per heavy atom. The number of hydrogen-bond acceptors (Lipinski definition) is 7. The van der Waals surface area contributed by atoms with E-state index in [-0.39, 0.29) is 0 Å². The minimum absolute atomic E-state index is 0.341. The number of likely N-dealkylation sites (tertiary alicyclic amines) is 1. The fraction of sp³-hybridized carbons (Fsp3) is 0.480. The number of rotatable bonds is 9. The molecule has 2 atom stereocenters. The molecule has 0 spiro atoms. The molecule has 33 heavy (non-hydrogen) atoms. The SMILES string of the molecule is COc1ccc(O[C@H](C)C(=O)N[C@](O)(CCN2CCCC2)c2ccc3c(c2)OCCO3)cc1. The number of aliphatic hydroxyl groups is 1. The van der Waals surface area contributed by atoms with Gasteiger partial charge in [-0.3, -0.25) is 4.79 Å². The van der Waals surface area contributed by atoms with Gasteiger partial charge in [-0.15, -0.1) is 0 Å². The average Bonchev–Trinajstić information content (AvgIpc) is 3.37. The first kappa shape index (κ1) is 23.2. The van der Waals surface area contributed by atoms with Crippen molar-refractivity contribution in [2.75, 3.05) is 40.0 Å². The quantitative estimate of drug-likeness (QED) is 0.561. The van der Waals surface area contributed by atoms with Crippen LogP contribution in [0, 0.1) is 0 Å². The van der Waals surface area contributed by atoms with Gasteiger partial charge in [-0.1, -0.05) is 6.07 Å². The summed E-state index contributed by atoms with van der Waals surface area (Å²) < 4.78 is 22.2. The molecule has 0 radical (unpaired) electrons. The fourth-order valence-corrected chi connectivity index (χ4v) is 4.12. The Hall–Kier alpha value is -2.97. The fourth-order valence-electron chi connectivity index (χ4n) is 4.12. The summed E-state index contributed by atoms with van der Waals surface area (Å²) in [5, 5.41) is 14.5. The lowest BCUT2D eigenvalue weighted by molar-refractivity contribution is -0.136. The van der Waals surface area contributed by atoms with Gasteiger partial charge in [0.2, 0.25) is 0 Å². The second kappa shape index (κ2) is 10.3. The van der Waals surface area contributed by atoms with E-state index in [1.807, 2.05) is 0 Å². The van der Waals surface area contributed by atoms with Gasteiger partial charge in [0.1, 0.15) is 24.7 Å². The first-order valence-corrected chi connectivity index (χ1v) is 11.4. The van der Waals surface area contributed by atoms with Crippen LogP contribution in [0.15, 0.2) is 42.5 Å². The lowest BCUT2D eigenvalue weighted by Crippen LogP contribution is -2.51. The zero-order chi connectivity index (χ0) is 23.3. The van der Waals surface area contributed by atoms with E-state index in [0.717, 1.165) is 25.9 Å². The van der Waals surface area contributed by atoms with Gasteiger partial charge in [0.05, 0.1) is 7.11 Å². The summed E-state index contributed by atoms with van der Waals surface area (Å²) in [5.41, 5.74) is -1.02. The van der Waals surface area contributed by atoms with Gasteiger partial charge < -0.3 is 34.3 Å². The maximum Gasteiger partial charge on any atom is 0.263 e. The van der Waals surface area contributed by atoms with Crippen molar-refractivity contribution in [2.45, 2.75) is 38.0 Å². The van der Waals surface area contributed by atoms with E-state index in [1.54, 1.807) is 56.5 Å². The van der Waals surface area contributed by atoms with Crippen molar-refractivity contribution in [3.8, 4) is 23.0 Å². The van der Waals surface area contributed by atoms with E-state index in [1.165, 1.54) is 0 Å². The summed E-state index contributed by atoms with van der Waals surface area (Å²) >= 11 is 0. The van der Waals surface area contributed by atoms with E-state index in [9.17, 15) is 9.90 Å². The largest absolute Gasteiger partial charge is 0.497 e. The molecule has 2 aromatic rings. The molecule has 0 aliphatic carbocycles. The van der Waals surface area contributed by atoms with Crippen LogP contribution in [0.1, 0.15) is 31.7 Å². The summed E-state index contributed by atoms with van der Waals surface area (Å²) in [7, 11) is 1.59. The Labute approximate surface area is 194 Å². The standard InChI is InChI=1S/C25H32N2O6/c1-18(33-21-8-6-20(30-2)7-9-21)24(28)26-25(29,11-14-27-12-3-4-13-27)19-5-10-22-23(17-19)32-16-15-31-22/h5-10,17-18,29H,3-4,11-16H2,1-2H3,(H,26,28)/t18-,25+/m1/s1. The Kier molecular flexibility index (Phi) is 7.25. The summed E-state index contributed by atoms with van der Waals surface area (Å²) in [5.74, 6) is 2.03. The van der Waals surface area contributed by atoms with E-state index in [0.29, 0.717) is 54.7 Å².